The lowest BCUT2D eigenvalue weighted by molar-refractivity contribution is -0.137. The minimum absolute atomic E-state index is 0.194. The molecule has 0 rings (SSSR count). The molecule has 0 aliphatic carbocycles. The molecule has 0 heterocycles. The summed E-state index contributed by atoms with van der Waals surface area (Å²) in [4.78, 5) is 9.95. The highest BCUT2D eigenvalue weighted by Crippen LogP contribution is 1.97. The molecule has 4 nitrogen and oxygen atoms in total. The van der Waals surface area contributed by atoms with Gasteiger partial charge >= 0.3 is 5.97 Å². The van der Waals surface area contributed by atoms with Crippen LogP contribution in [0.1, 0.15) is 25.7 Å². The summed E-state index contributed by atoms with van der Waals surface area (Å²) in [7, 11) is 0. The first-order chi connectivity index (χ1) is 4.77. The van der Waals surface area contributed by atoms with Gasteiger partial charge in [-0.1, -0.05) is 0 Å². The Labute approximate surface area is 59.2 Å². The lowest BCUT2D eigenvalue weighted by Gasteiger charge is -1.90. The molecule has 10 heavy (non-hydrogen) atoms. The van der Waals surface area contributed by atoms with E-state index >= 15 is 0 Å². The molecule has 0 aliphatic rings. The number of rotatable bonds is 5. The van der Waals surface area contributed by atoms with E-state index in [4.69, 9.17) is 10.3 Å². The van der Waals surface area contributed by atoms with Gasteiger partial charge < -0.3 is 10.3 Å². The van der Waals surface area contributed by atoms with Crippen molar-refractivity contribution < 1.29 is 15.1 Å². The Balaban J connectivity index is 2.98. The zero-order valence-electron chi connectivity index (χ0n) is 5.66. The number of hydrogen-bond acceptors (Lipinski definition) is 3. The number of hydrogen-bond donors (Lipinski definition) is 2. The SMILES string of the molecule is O=C(O)CCCC/C=N\O. The summed E-state index contributed by atoms with van der Waals surface area (Å²) in [6, 6.07) is 0. The van der Waals surface area contributed by atoms with Crippen LogP contribution in [-0.4, -0.2) is 22.5 Å². The quantitative estimate of drug-likeness (QED) is 0.263. The molecule has 4 heteroatoms. The molecule has 58 valence electrons. The minimum Gasteiger partial charge on any atom is -0.481 e. The molecule has 0 aliphatic heterocycles. The highest BCUT2D eigenvalue weighted by atomic mass is 16.4. The van der Waals surface area contributed by atoms with Gasteiger partial charge in [-0.05, 0) is 19.3 Å². The molecule has 0 aromatic rings. The van der Waals surface area contributed by atoms with E-state index in [1.54, 1.807) is 0 Å². The van der Waals surface area contributed by atoms with Gasteiger partial charge in [0, 0.05) is 12.6 Å². The second-order valence-electron chi connectivity index (χ2n) is 1.94. The van der Waals surface area contributed by atoms with Crippen molar-refractivity contribution in [2.45, 2.75) is 25.7 Å². The van der Waals surface area contributed by atoms with Crippen molar-refractivity contribution in [1.82, 2.24) is 0 Å². The molecule has 0 aromatic heterocycles. The molecule has 0 spiro atoms. The molecule has 0 bridgehead atoms. The van der Waals surface area contributed by atoms with Crippen LogP contribution in [0.25, 0.3) is 0 Å². The summed E-state index contributed by atoms with van der Waals surface area (Å²) in [6.45, 7) is 0. The van der Waals surface area contributed by atoms with Crippen molar-refractivity contribution in [3.8, 4) is 0 Å². The highest BCUT2D eigenvalue weighted by molar-refractivity contribution is 5.66. The van der Waals surface area contributed by atoms with Crippen LogP contribution in [0.15, 0.2) is 5.16 Å². The largest absolute Gasteiger partial charge is 0.481 e. The van der Waals surface area contributed by atoms with Crippen molar-refractivity contribution in [3.63, 3.8) is 0 Å². The average Bonchev–Trinajstić information content (AvgIpc) is 1.87. The van der Waals surface area contributed by atoms with Crippen LogP contribution in [0.3, 0.4) is 0 Å². The summed E-state index contributed by atoms with van der Waals surface area (Å²) in [6.07, 6.45) is 3.60. The van der Waals surface area contributed by atoms with Crippen molar-refractivity contribution in [3.05, 3.63) is 0 Å². The van der Waals surface area contributed by atoms with Gasteiger partial charge in [0.2, 0.25) is 0 Å². The van der Waals surface area contributed by atoms with Gasteiger partial charge in [0.05, 0.1) is 0 Å². The fourth-order valence-electron chi connectivity index (χ4n) is 0.570. The summed E-state index contributed by atoms with van der Waals surface area (Å²) >= 11 is 0. The summed E-state index contributed by atoms with van der Waals surface area (Å²) in [5.74, 6) is -0.777. The second-order valence-corrected chi connectivity index (χ2v) is 1.94. The smallest absolute Gasteiger partial charge is 0.303 e. The molecule has 0 saturated carbocycles. The number of carbonyl (C=O) groups is 1. The van der Waals surface area contributed by atoms with Gasteiger partial charge in [0.15, 0.2) is 0 Å². The molecule has 0 saturated heterocycles. The monoisotopic (exact) mass is 145 g/mol. The van der Waals surface area contributed by atoms with Crippen LogP contribution in [0.4, 0.5) is 0 Å². The molecule has 0 fully saturated rings. The van der Waals surface area contributed by atoms with Gasteiger partial charge in [0.1, 0.15) is 0 Å². The molecule has 0 atom stereocenters. The van der Waals surface area contributed by atoms with Crippen LogP contribution in [-0.2, 0) is 4.79 Å². The van der Waals surface area contributed by atoms with Crippen LogP contribution >= 0.6 is 0 Å². The number of carboxylic acid groups (broad SMARTS) is 1. The Kier molecular flexibility index (Phi) is 5.42. The molecule has 0 radical (unpaired) electrons. The minimum atomic E-state index is -0.777. The van der Waals surface area contributed by atoms with Crippen molar-refractivity contribution in [1.29, 1.82) is 0 Å². The number of oxime groups is 1. The Morgan fingerprint density at radius 3 is 2.70 bits per heavy atom. The van der Waals surface area contributed by atoms with Gasteiger partial charge in [-0.3, -0.25) is 4.79 Å². The Hall–Kier alpha value is -1.06. The topological polar surface area (TPSA) is 69.9 Å². The summed E-state index contributed by atoms with van der Waals surface area (Å²) in [5.41, 5.74) is 0. The molecular weight excluding hydrogens is 134 g/mol. The number of carboxylic acids is 1. The van der Waals surface area contributed by atoms with Crippen molar-refractivity contribution in [2.24, 2.45) is 5.16 Å². The number of unbranched alkanes of at least 4 members (excludes halogenated alkanes) is 2. The van der Waals surface area contributed by atoms with Crippen molar-refractivity contribution >= 4 is 12.2 Å². The van der Waals surface area contributed by atoms with Gasteiger partial charge in [-0.25, -0.2) is 0 Å². The van der Waals surface area contributed by atoms with Gasteiger partial charge in [0.25, 0.3) is 0 Å². The van der Waals surface area contributed by atoms with Gasteiger partial charge in [-0.2, -0.15) is 0 Å². The van der Waals surface area contributed by atoms with E-state index in [9.17, 15) is 4.79 Å². The fraction of sp³-hybridized carbons (Fsp3) is 0.667. The van der Waals surface area contributed by atoms with E-state index in [1.165, 1.54) is 6.21 Å². The number of aliphatic carboxylic acids is 1. The maximum absolute atomic E-state index is 9.95. The average molecular weight is 145 g/mol. The third kappa shape index (κ3) is 6.94. The zero-order chi connectivity index (χ0) is 7.82. The zero-order valence-corrected chi connectivity index (χ0v) is 5.66. The van der Waals surface area contributed by atoms with Crippen LogP contribution in [0, 0.1) is 0 Å². The van der Waals surface area contributed by atoms with E-state index in [0.717, 1.165) is 6.42 Å². The predicted octanol–water partition coefficient (Wildman–Crippen LogP) is 1.09. The molecule has 0 aromatic carbocycles. The first-order valence-corrected chi connectivity index (χ1v) is 3.15. The van der Waals surface area contributed by atoms with Crippen LogP contribution in [0.2, 0.25) is 0 Å². The maximum atomic E-state index is 9.95. The first-order valence-electron chi connectivity index (χ1n) is 3.15. The van der Waals surface area contributed by atoms with Crippen LogP contribution in [0.5, 0.6) is 0 Å². The third-order valence-corrected chi connectivity index (χ3v) is 1.06. The Morgan fingerprint density at radius 2 is 2.20 bits per heavy atom. The fourth-order valence-corrected chi connectivity index (χ4v) is 0.570. The first kappa shape index (κ1) is 8.94. The Bertz CT molecular complexity index is 122. The normalized spacial score (nSPS) is 10.4. The molecule has 0 unspecified atom stereocenters. The maximum Gasteiger partial charge on any atom is 0.303 e. The molecular formula is C6H11NO3. The van der Waals surface area contributed by atoms with Crippen LogP contribution < -0.4 is 0 Å². The predicted molar refractivity (Wildman–Crippen MR) is 36.4 cm³/mol. The van der Waals surface area contributed by atoms with E-state index < -0.39 is 5.97 Å². The van der Waals surface area contributed by atoms with Gasteiger partial charge in [-0.15, -0.1) is 5.16 Å². The molecule has 2 N–H and O–H groups in total. The van der Waals surface area contributed by atoms with E-state index in [2.05, 4.69) is 5.16 Å². The molecule has 0 amide bonds. The van der Waals surface area contributed by atoms with E-state index in [0.29, 0.717) is 12.8 Å². The van der Waals surface area contributed by atoms with Crippen molar-refractivity contribution in [2.75, 3.05) is 0 Å². The summed E-state index contributed by atoms with van der Waals surface area (Å²) < 4.78 is 0. The Morgan fingerprint density at radius 1 is 1.50 bits per heavy atom. The summed E-state index contributed by atoms with van der Waals surface area (Å²) in [5, 5.41) is 18.9. The lowest BCUT2D eigenvalue weighted by atomic mass is 10.2. The third-order valence-electron chi connectivity index (χ3n) is 1.06. The van der Waals surface area contributed by atoms with E-state index in [1.807, 2.05) is 0 Å². The standard InChI is InChI=1S/C6H11NO3/c8-6(9)4-2-1-3-5-7-10/h5,10H,1-4H2,(H,8,9)/b7-5-. The lowest BCUT2D eigenvalue weighted by Crippen LogP contribution is -1.93. The number of nitrogens with zero attached hydrogens (tertiary/aromatic N) is 1. The highest BCUT2D eigenvalue weighted by Gasteiger charge is 1.94. The van der Waals surface area contributed by atoms with E-state index in [-0.39, 0.29) is 6.42 Å². The second kappa shape index (κ2) is 6.07.